The van der Waals surface area contributed by atoms with Gasteiger partial charge in [0.25, 0.3) is 0 Å². The van der Waals surface area contributed by atoms with Crippen LogP contribution in [0.15, 0.2) is 24.7 Å². The zero-order valence-corrected chi connectivity index (χ0v) is 9.14. The van der Waals surface area contributed by atoms with Gasteiger partial charge in [-0.05, 0) is 6.07 Å². The second-order valence-electron chi connectivity index (χ2n) is 3.04. The van der Waals surface area contributed by atoms with E-state index in [0.717, 1.165) is 0 Å². The SMILES string of the molecule is Cn1cc(Oc2nccc(C#N)c2Cl)cn1. The Labute approximate surface area is 96.9 Å². The predicted molar refractivity (Wildman–Crippen MR) is 57.2 cm³/mol. The lowest BCUT2D eigenvalue weighted by Crippen LogP contribution is -1.90. The summed E-state index contributed by atoms with van der Waals surface area (Å²) in [4.78, 5) is 3.95. The summed E-state index contributed by atoms with van der Waals surface area (Å²) in [7, 11) is 1.77. The lowest BCUT2D eigenvalue weighted by Gasteiger charge is -2.03. The lowest BCUT2D eigenvalue weighted by atomic mass is 10.3. The molecule has 2 aromatic heterocycles. The fourth-order valence-electron chi connectivity index (χ4n) is 1.15. The van der Waals surface area contributed by atoms with Gasteiger partial charge >= 0.3 is 0 Å². The summed E-state index contributed by atoms with van der Waals surface area (Å²) in [6.45, 7) is 0. The largest absolute Gasteiger partial charge is 0.434 e. The molecule has 0 saturated carbocycles. The van der Waals surface area contributed by atoms with Gasteiger partial charge in [0, 0.05) is 13.2 Å². The Balaban J connectivity index is 2.32. The molecule has 0 N–H and O–H groups in total. The van der Waals surface area contributed by atoms with E-state index in [4.69, 9.17) is 21.6 Å². The van der Waals surface area contributed by atoms with Crippen molar-refractivity contribution < 1.29 is 4.74 Å². The molecule has 0 aliphatic rings. The number of halogens is 1. The van der Waals surface area contributed by atoms with Crippen LogP contribution in [0.5, 0.6) is 11.6 Å². The topological polar surface area (TPSA) is 63.7 Å². The number of hydrogen-bond donors (Lipinski definition) is 0. The van der Waals surface area contributed by atoms with Gasteiger partial charge in [-0.1, -0.05) is 11.6 Å². The van der Waals surface area contributed by atoms with Gasteiger partial charge in [-0.2, -0.15) is 10.4 Å². The fourth-order valence-corrected chi connectivity index (χ4v) is 1.34. The molecule has 0 aliphatic heterocycles. The van der Waals surface area contributed by atoms with Crippen LogP contribution in [0.4, 0.5) is 0 Å². The van der Waals surface area contributed by atoms with E-state index in [1.54, 1.807) is 17.9 Å². The first-order chi connectivity index (χ1) is 7.70. The molecule has 2 aromatic rings. The van der Waals surface area contributed by atoms with Crippen molar-refractivity contribution in [3.63, 3.8) is 0 Å². The number of nitriles is 1. The van der Waals surface area contributed by atoms with Gasteiger partial charge in [0.1, 0.15) is 11.1 Å². The van der Waals surface area contributed by atoms with Crippen molar-refractivity contribution in [2.24, 2.45) is 7.05 Å². The van der Waals surface area contributed by atoms with Crippen molar-refractivity contribution in [1.29, 1.82) is 5.26 Å². The summed E-state index contributed by atoms with van der Waals surface area (Å²) >= 11 is 5.93. The van der Waals surface area contributed by atoms with Crippen molar-refractivity contribution in [2.75, 3.05) is 0 Å². The summed E-state index contributed by atoms with van der Waals surface area (Å²) in [5.41, 5.74) is 0.329. The molecule has 5 nitrogen and oxygen atoms in total. The molecular formula is C10H7ClN4O. The number of hydrogen-bond acceptors (Lipinski definition) is 4. The second-order valence-corrected chi connectivity index (χ2v) is 3.42. The van der Waals surface area contributed by atoms with E-state index in [0.29, 0.717) is 11.3 Å². The predicted octanol–water partition coefficient (Wildman–Crippen LogP) is 2.13. The van der Waals surface area contributed by atoms with E-state index < -0.39 is 0 Å². The van der Waals surface area contributed by atoms with Gasteiger partial charge in [0.05, 0.1) is 18.0 Å². The van der Waals surface area contributed by atoms with E-state index in [1.807, 2.05) is 6.07 Å². The van der Waals surface area contributed by atoms with E-state index >= 15 is 0 Å². The molecule has 80 valence electrons. The molecule has 0 aromatic carbocycles. The number of aromatic nitrogens is 3. The third kappa shape index (κ3) is 1.97. The van der Waals surface area contributed by atoms with E-state index in [1.165, 1.54) is 18.5 Å². The van der Waals surface area contributed by atoms with E-state index in [2.05, 4.69) is 10.1 Å². The molecule has 0 unspecified atom stereocenters. The summed E-state index contributed by atoms with van der Waals surface area (Å²) in [6, 6.07) is 3.48. The molecular weight excluding hydrogens is 228 g/mol. The average molecular weight is 235 g/mol. The summed E-state index contributed by atoms with van der Waals surface area (Å²) in [6.07, 6.45) is 4.68. The molecule has 0 atom stereocenters. The first kappa shape index (κ1) is 10.5. The van der Waals surface area contributed by atoms with Gasteiger partial charge in [0.15, 0.2) is 5.75 Å². The van der Waals surface area contributed by atoms with E-state index in [-0.39, 0.29) is 10.9 Å². The van der Waals surface area contributed by atoms with Crippen LogP contribution in [0, 0.1) is 11.3 Å². The third-order valence-electron chi connectivity index (χ3n) is 1.87. The van der Waals surface area contributed by atoms with Gasteiger partial charge in [-0.3, -0.25) is 4.68 Å². The summed E-state index contributed by atoms with van der Waals surface area (Å²) in [5.74, 6) is 0.723. The number of ether oxygens (including phenoxy) is 1. The Hall–Kier alpha value is -2.06. The number of pyridine rings is 1. The molecule has 0 aliphatic carbocycles. The van der Waals surface area contributed by atoms with Crippen molar-refractivity contribution >= 4 is 11.6 Å². The van der Waals surface area contributed by atoms with Crippen molar-refractivity contribution in [1.82, 2.24) is 14.8 Å². The van der Waals surface area contributed by atoms with Crippen LogP contribution >= 0.6 is 11.6 Å². The van der Waals surface area contributed by atoms with Crippen LogP contribution in [0.1, 0.15) is 5.56 Å². The highest BCUT2D eigenvalue weighted by molar-refractivity contribution is 6.33. The van der Waals surface area contributed by atoms with Crippen LogP contribution in [0.3, 0.4) is 0 Å². The lowest BCUT2D eigenvalue weighted by molar-refractivity contribution is 0.462. The average Bonchev–Trinajstić information content (AvgIpc) is 2.67. The molecule has 0 amide bonds. The van der Waals surface area contributed by atoms with Crippen LogP contribution in [0.2, 0.25) is 5.02 Å². The Morgan fingerprint density at radius 1 is 1.56 bits per heavy atom. The molecule has 16 heavy (non-hydrogen) atoms. The second kappa shape index (κ2) is 4.21. The molecule has 2 heterocycles. The highest BCUT2D eigenvalue weighted by Gasteiger charge is 2.10. The maximum Gasteiger partial charge on any atom is 0.239 e. The van der Waals surface area contributed by atoms with Crippen molar-refractivity contribution in [3.05, 3.63) is 35.2 Å². The zero-order chi connectivity index (χ0) is 11.5. The van der Waals surface area contributed by atoms with Crippen LogP contribution < -0.4 is 4.74 Å². The number of aryl methyl sites for hydroxylation is 1. The minimum absolute atomic E-state index is 0.203. The minimum Gasteiger partial charge on any atom is -0.434 e. The monoisotopic (exact) mass is 234 g/mol. The smallest absolute Gasteiger partial charge is 0.239 e. The maximum absolute atomic E-state index is 8.78. The molecule has 0 bridgehead atoms. The molecule has 2 rings (SSSR count). The van der Waals surface area contributed by atoms with Crippen molar-refractivity contribution in [3.8, 4) is 17.7 Å². The van der Waals surface area contributed by atoms with Crippen LogP contribution in [-0.2, 0) is 7.05 Å². The summed E-state index contributed by atoms with van der Waals surface area (Å²) < 4.78 is 6.99. The van der Waals surface area contributed by atoms with E-state index in [9.17, 15) is 0 Å². The molecule has 0 spiro atoms. The highest BCUT2D eigenvalue weighted by atomic mass is 35.5. The van der Waals surface area contributed by atoms with Gasteiger partial charge < -0.3 is 4.74 Å². The number of nitrogens with zero attached hydrogens (tertiary/aromatic N) is 4. The minimum atomic E-state index is 0.203. The zero-order valence-electron chi connectivity index (χ0n) is 8.38. The fraction of sp³-hybridized carbons (Fsp3) is 0.100. The quantitative estimate of drug-likeness (QED) is 0.799. The van der Waals surface area contributed by atoms with Crippen molar-refractivity contribution in [2.45, 2.75) is 0 Å². The molecule has 6 heteroatoms. The molecule has 0 radical (unpaired) electrons. The Morgan fingerprint density at radius 2 is 2.38 bits per heavy atom. The van der Waals surface area contributed by atoms with Gasteiger partial charge in [-0.25, -0.2) is 4.98 Å². The number of rotatable bonds is 2. The van der Waals surface area contributed by atoms with Crippen LogP contribution in [-0.4, -0.2) is 14.8 Å². The third-order valence-corrected chi connectivity index (χ3v) is 2.24. The van der Waals surface area contributed by atoms with Crippen LogP contribution in [0.25, 0.3) is 0 Å². The Kier molecular flexibility index (Phi) is 2.75. The molecule has 0 saturated heterocycles. The molecule has 0 fully saturated rings. The Bertz CT molecular complexity index is 558. The normalized spacial score (nSPS) is 9.81. The van der Waals surface area contributed by atoms with Gasteiger partial charge in [0.2, 0.25) is 5.88 Å². The van der Waals surface area contributed by atoms with Gasteiger partial charge in [-0.15, -0.1) is 0 Å². The standard InChI is InChI=1S/C10H7ClN4O/c1-15-6-8(5-14-15)16-10-9(11)7(4-12)2-3-13-10/h2-3,5-6H,1H3. The maximum atomic E-state index is 8.78. The summed E-state index contributed by atoms with van der Waals surface area (Å²) in [5, 5.41) is 12.9. The first-order valence-corrected chi connectivity index (χ1v) is 4.79. The Morgan fingerprint density at radius 3 is 3.00 bits per heavy atom. The first-order valence-electron chi connectivity index (χ1n) is 4.42. The highest BCUT2D eigenvalue weighted by Crippen LogP contribution is 2.28.